The van der Waals surface area contributed by atoms with E-state index in [4.69, 9.17) is 0 Å². The molecule has 1 aliphatic rings. The maximum Gasteiger partial charge on any atom is 0.252 e. The number of hydrogen-bond donors (Lipinski definition) is 1. The molecule has 1 fully saturated rings. The van der Waals surface area contributed by atoms with Crippen LogP contribution < -0.4 is 5.32 Å². The molecule has 0 saturated carbocycles. The molecule has 2 aromatic carbocycles. The predicted octanol–water partition coefficient (Wildman–Crippen LogP) is 2.42. The van der Waals surface area contributed by atoms with Gasteiger partial charge in [0.05, 0.1) is 10.9 Å². The van der Waals surface area contributed by atoms with Crippen LogP contribution in [0.5, 0.6) is 0 Å². The van der Waals surface area contributed by atoms with Crippen LogP contribution in [0.1, 0.15) is 34.5 Å². The van der Waals surface area contributed by atoms with E-state index in [9.17, 15) is 13.2 Å². The number of rotatable bonds is 5. The number of likely N-dealkylation sites (N-methyl/N-ethyl adjacent to an activating group) is 1. The summed E-state index contributed by atoms with van der Waals surface area (Å²) in [5, 5.41) is 2.96. The fraction of sp³-hybridized carbons (Fsp3) is 0.381. The summed E-state index contributed by atoms with van der Waals surface area (Å²) >= 11 is 0. The van der Waals surface area contributed by atoms with Crippen molar-refractivity contribution in [1.29, 1.82) is 0 Å². The SMILES string of the molecule is Cc1ccc(S(=O)(=O)N2CCN(C)CC2)cc1C(=O)N[C@@H](C)c1ccccc1. The van der Waals surface area contributed by atoms with Gasteiger partial charge in [-0.1, -0.05) is 36.4 Å². The molecule has 2 aromatic rings. The van der Waals surface area contributed by atoms with E-state index >= 15 is 0 Å². The second-order valence-electron chi connectivity index (χ2n) is 7.29. The molecule has 7 heteroatoms. The third-order valence-corrected chi connectivity index (χ3v) is 7.10. The molecule has 3 rings (SSSR count). The Balaban J connectivity index is 1.82. The van der Waals surface area contributed by atoms with E-state index in [1.54, 1.807) is 12.1 Å². The van der Waals surface area contributed by atoms with Gasteiger partial charge >= 0.3 is 0 Å². The van der Waals surface area contributed by atoms with Crippen molar-refractivity contribution in [2.24, 2.45) is 0 Å². The van der Waals surface area contributed by atoms with Crippen LogP contribution in [-0.4, -0.2) is 56.8 Å². The molecule has 1 atom stereocenters. The van der Waals surface area contributed by atoms with Crippen LogP contribution >= 0.6 is 0 Å². The van der Waals surface area contributed by atoms with Crippen molar-refractivity contribution in [2.75, 3.05) is 33.2 Å². The van der Waals surface area contributed by atoms with Crippen LogP contribution in [0.15, 0.2) is 53.4 Å². The Morgan fingerprint density at radius 1 is 1.04 bits per heavy atom. The molecule has 0 spiro atoms. The van der Waals surface area contributed by atoms with E-state index in [-0.39, 0.29) is 16.8 Å². The Hall–Kier alpha value is -2.22. The van der Waals surface area contributed by atoms with Crippen LogP contribution in [-0.2, 0) is 10.0 Å². The number of benzene rings is 2. The van der Waals surface area contributed by atoms with Crippen molar-refractivity contribution >= 4 is 15.9 Å². The molecule has 1 heterocycles. The first kappa shape index (κ1) is 20.5. The van der Waals surface area contributed by atoms with Gasteiger partial charge in [0.15, 0.2) is 0 Å². The minimum Gasteiger partial charge on any atom is -0.346 e. The molecule has 150 valence electrons. The van der Waals surface area contributed by atoms with E-state index in [1.807, 2.05) is 51.2 Å². The molecule has 0 radical (unpaired) electrons. The topological polar surface area (TPSA) is 69.7 Å². The second-order valence-corrected chi connectivity index (χ2v) is 9.23. The molecule has 0 unspecified atom stereocenters. The van der Waals surface area contributed by atoms with Crippen molar-refractivity contribution in [3.05, 3.63) is 65.2 Å². The fourth-order valence-electron chi connectivity index (χ4n) is 3.28. The summed E-state index contributed by atoms with van der Waals surface area (Å²) in [6, 6.07) is 14.3. The number of hydrogen-bond acceptors (Lipinski definition) is 4. The third kappa shape index (κ3) is 4.43. The highest BCUT2D eigenvalue weighted by Gasteiger charge is 2.28. The second kappa shape index (κ2) is 8.43. The number of nitrogens with one attached hydrogen (secondary N) is 1. The lowest BCUT2D eigenvalue weighted by Gasteiger charge is -2.31. The fourth-order valence-corrected chi connectivity index (χ4v) is 4.73. The van der Waals surface area contributed by atoms with Gasteiger partial charge < -0.3 is 10.2 Å². The quantitative estimate of drug-likeness (QED) is 0.835. The van der Waals surface area contributed by atoms with Gasteiger partial charge in [-0.2, -0.15) is 4.31 Å². The van der Waals surface area contributed by atoms with E-state index in [1.165, 1.54) is 10.4 Å². The maximum absolute atomic E-state index is 13.0. The molecular weight excluding hydrogens is 374 g/mol. The summed E-state index contributed by atoms with van der Waals surface area (Å²) in [7, 11) is -1.63. The van der Waals surface area contributed by atoms with Gasteiger partial charge in [0.1, 0.15) is 0 Å². The number of nitrogens with zero attached hydrogens (tertiary/aromatic N) is 2. The van der Waals surface area contributed by atoms with E-state index in [2.05, 4.69) is 10.2 Å². The van der Waals surface area contributed by atoms with E-state index in [0.717, 1.165) is 11.1 Å². The molecule has 0 bridgehead atoms. The Labute approximate surface area is 167 Å². The molecule has 1 N–H and O–H groups in total. The molecule has 1 amide bonds. The first-order valence-electron chi connectivity index (χ1n) is 9.44. The van der Waals surface area contributed by atoms with Crippen molar-refractivity contribution in [3.63, 3.8) is 0 Å². The van der Waals surface area contributed by atoms with Crippen molar-refractivity contribution in [3.8, 4) is 0 Å². The van der Waals surface area contributed by atoms with Gasteiger partial charge in [-0.05, 0) is 44.2 Å². The normalized spacial score (nSPS) is 17.2. The molecule has 28 heavy (non-hydrogen) atoms. The lowest BCUT2D eigenvalue weighted by atomic mass is 10.1. The summed E-state index contributed by atoms with van der Waals surface area (Å²) in [5.74, 6) is -0.274. The minimum absolute atomic E-state index is 0.167. The van der Waals surface area contributed by atoms with Gasteiger partial charge in [0.25, 0.3) is 5.91 Å². The van der Waals surface area contributed by atoms with Crippen LogP contribution in [0.3, 0.4) is 0 Å². The van der Waals surface area contributed by atoms with Crippen molar-refractivity contribution < 1.29 is 13.2 Å². The zero-order chi connectivity index (χ0) is 20.3. The summed E-state index contributed by atoms with van der Waals surface area (Å²) < 4.78 is 27.5. The average Bonchev–Trinajstić information content (AvgIpc) is 2.69. The molecule has 0 aromatic heterocycles. The lowest BCUT2D eigenvalue weighted by Crippen LogP contribution is -2.47. The van der Waals surface area contributed by atoms with Crippen LogP contribution in [0.2, 0.25) is 0 Å². The lowest BCUT2D eigenvalue weighted by molar-refractivity contribution is 0.0939. The molecule has 1 aliphatic heterocycles. The van der Waals surface area contributed by atoms with Crippen molar-refractivity contribution in [1.82, 2.24) is 14.5 Å². The average molecular weight is 402 g/mol. The largest absolute Gasteiger partial charge is 0.346 e. The predicted molar refractivity (Wildman–Crippen MR) is 110 cm³/mol. The molecule has 6 nitrogen and oxygen atoms in total. The number of amides is 1. The van der Waals surface area contributed by atoms with Crippen LogP contribution in [0.25, 0.3) is 0 Å². The van der Waals surface area contributed by atoms with Crippen LogP contribution in [0.4, 0.5) is 0 Å². The summed E-state index contributed by atoms with van der Waals surface area (Å²) in [5.41, 5.74) is 2.13. The number of carbonyl (C=O) groups is 1. The number of sulfonamides is 1. The minimum atomic E-state index is -3.61. The zero-order valence-electron chi connectivity index (χ0n) is 16.6. The first-order chi connectivity index (χ1) is 13.3. The Kier molecular flexibility index (Phi) is 6.17. The first-order valence-corrected chi connectivity index (χ1v) is 10.9. The monoisotopic (exact) mass is 401 g/mol. The number of piperazine rings is 1. The highest BCUT2D eigenvalue weighted by Crippen LogP contribution is 2.22. The van der Waals surface area contributed by atoms with Gasteiger partial charge in [0.2, 0.25) is 10.0 Å². The molecule has 0 aliphatic carbocycles. The van der Waals surface area contributed by atoms with Gasteiger partial charge in [0, 0.05) is 31.7 Å². The summed E-state index contributed by atoms with van der Waals surface area (Å²) in [6.07, 6.45) is 0. The van der Waals surface area contributed by atoms with Gasteiger partial charge in [-0.15, -0.1) is 0 Å². The van der Waals surface area contributed by atoms with Gasteiger partial charge in [-0.25, -0.2) is 8.42 Å². The van der Waals surface area contributed by atoms with Gasteiger partial charge in [-0.3, -0.25) is 4.79 Å². The van der Waals surface area contributed by atoms with E-state index < -0.39 is 10.0 Å². The Morgan fingerprint density at radius 2 is 1.68 bits per heavy atom. The molecular formula is C21H27N3O3S. The Bertz CT molecular complexity index is 937. The van der Waals surface area contributed by atoms with Crippen molar-refractivity contribution in [2.45, 2.75) is 24.8 Å². The smallest absolute Gasteiger partial charge is 0.252 e. The third-order valence-electron chi connectivity index (χ3n) is 5.20. The summed E-state index contributed by atoms with van der Waals surface area (Å²) in [6.45, 7) is 6.04. The Morgan fingerprint density at radius 3 is 2.32 bits per heavy atom. The standard InChI is InChI=1S/C21H27N3O3S/c1-16-9-10-19(28(26,27)24-13-11-23(3)12-14-24)15-20(16)21(25)22-17(2)18-7-5-4-6-8-18/h4-10,15,17H,11-14H2,1-3H3,(H,22,25)/t17-/m0/s1. The van der Waals surface area contributed by atoms with E-state index in [0.29, 0.717) is 31.7 Å². The number of carbonyl (C=O) groups excluding carboxylic acids is 1. The molecule has 1 saturated heterocycles. The number of aryl methyl sites for hydroxylation is 1. The highest BCUT2D eigenvalue weighted by atomic mass is 32.2. The summed E-state index contributed by atoms with van der Waals surface area (Å²) in [4.78, 5) is 15.1. The van der Waals surface area contributed by atoms with Crippen LogP contribution in [0, 0.1) is 6.92 Å². The highest BCUT2D eigenvalue weighted by molar-refractivity contribution is 7.89. The maximum atomic E-state index is 13.0. The zero-order valence-corrected chi connectivity index (χ0v) is 17.4.